The van der Waals surface area contributed by atoms with Gasteiger partial charge < -0.3 is 20.1 Å². The Hall–Kier alpha value is -1.84. The van der Waals surface area contributed by atoms with Crippen LogP contribution in [0.5, 0.6) is 5.75 Å². The first-order valence-corrected chi connectivity index (χ1v) is 11.3. The lowest BCUT2D eigenvalue weighted by Gasteiger charge is -2.26. The van der Waals surface area contributed by atoms with Crippen LogP contribution in [0, 0.1) is 0 Å². The van der Waals surface area contributed by atoms with E-state index in [4.69, 9.17) is 9.47 Å². The van der Waals surface area contributed by atoms with Crippen molar-refractivity contribution in [2.45, 2.75) is 32.4 Å². The molecule has 0 aliphatic carbocycles. The second kappa shape index (κ2) is 15.1. The summed E-state index contributed by atoms with van der Waals surface area (Å²) >= 11 is 0. The molecule has 0 radical (unpaired) electrons. The smallest absolute Gasteiger partial charge is 0.191 e. The fourth-order valence-corrected chi connectivity index (χ4v) is 3.58. The van der Waals surface area contributed by atoms with Crippen LogP contribution in [-0.4, -0.2) is 63.4 Å². The average molecular weight is 553 g/mol. The highest BCUT2D eigenvalue weighted by atomic mass is 127. The Labute approximate surface area is 209 Å². The zero-order valence-corrected chi connectivity index (χ0v) is 21.6. The van der Waals surface area contributed by atoms with Gasteiger partial charge in [0.1, 0.15) is 12.4 Å². The highest BCUT2D eigenvalue weighted by Crippen LogP contribution is 2.13. The fraction of sp³-hybridized carbons (Fsp3) is 0.480. The summed E-state index contributed by atoms with van der Waals surface area (Å²) in [5.74, 6) is 1.73. The molecular weight excluding hydrogens is 515 g/mol. The number of halogens is 1. The summed E-state index contributed by atoms with van der Waals surface area (Å²) in [5, 5.41) is 6.90. The lowest BCUT2D eigenvalue weighted by molar-refractivity contribution is 0.0322. The second-order valence-electron chi connectivity index (χ2n) is 7.95. The molecule has 0 amide bonds. The first-order chi connectivity index (χ1) is 15.2. The number of guanidine groups is 1. The fourth-order valence-electron chi connectivity index (χ4n) is 3.58. The Kier molecular flexibility index (Phi) is 12.4. The molecule has 6 nitrogen and oxygen atoms in total. The van der Waals surface area contributed by atoms with Gasteiger partial charge in [0, 0.05) is 39.3 Å². The Morgan fingerprint density at radius 1 is 1.09 bits per heavy atom. The standard InChI is InChI=1S/C25H36N4O2.HI/c1-21(11-12-22-7-4-3-5-8-22)28-25(26-2)27-20-23-9-6-10-24(19-23)31-18-15-29-13-16-30-17-14-29;/h3-10,19,21H,11-18,20H2,1-2H3,(H2,26,27,28);1H. The van der Waals surface area contributed by atoms with Gasteiger partial charge in [0.2, 0.25) is 0 Å². The topological polar surface area (TPSA) is 58.1 Å². The number of nitrogens with one attached hydrogen (secondary N) is 2. The molecule has 0 saturated carbocycles. The third-order valence-electron chi connectivity index (χ3n) is 5.45. The summed E-state index contributed by atoms with van der Waals surface area (Å²) in [7, 11) is 1.81. The highest BCUT2D eigenvalue weighted by Gasteiger charge is 2.10. The van der Waals surface area contributed by atoms with Crippen LogP contribution in [0.2, 0.25) is 0 Å². The summed E-state index contributed by atoms with van der Waals surface area (Å²) in [6.07, 6.45) is 2.10. The van der Waals surface area contributed by atoms with Gasteiger partial charge in [-0.05, 0) is 43.0 Å². The first-order valence-electron chi connectivity index (χ1n) is 11.3. The molecular formula is C25H37IN4O2. The van der Waals surface area contributed by atoms with Gasteiger partial charge in [0.15, 0.2) is 5.96 Å². The van der Waals surface area contributed by atoms with Crippen LogP contribution in [0.15, 0.2) is 59.6 Å². The molecule has 0 bridgehead atoms. The van der Waals surface area contributed by atoms with Crippen molar-refractivity contribution in [1.29, 1.82) is 0 Å². The van der Waals surface area contributed by atoms with Crippen LogP contribution in [0.1, 0.15) is 24.5 Å². The largest absolute Gasteiger partial charge is 0.492 e. The maximum Gasteiger partial charge on any atom is 0.191 e. The van der Waals surface area contributed by atoms with E-state index in [1.165, 1.54) is 11.1 Å². The van der Waals surface area contributed by atoms with Crippen molar-refractivity contribution < 1.29 is 9.47 Å². The number of morpholine rings is 1. The number of hydrogen-bond acceptors (Lipinski definition) is 4. The SMILES string of the molecule is CN=C(NCc1cccc(OCCN2CCOCC2)c1)NC(C)CCc1ccccc1.I. The van der Waals surface area contributed by atoms with E-state index in [2.05, 4.69) is 69.9 Å². The quantitative estimate of drug-likeness (QED) is 0.268. The molecule has 1 heterocycles. The minimum Gasteiger partial charge on any atom is -0.492 e. The molecule has 2 aromatic rings. The summed E-state index contributed by atoms with van der Waals surface area (Å²) in [5.41, 5.74) is 2.54. The van der Waals surface area contributed by atoms with Crippen LogP contribution in [0.25, 0.3) is 0 Å². The van der Waals surface area contributed by atoms with Crippen LogP contribution in [-0.2, 0) is 17.7 Å². The summed E-state index contributed by atoms with van der Waals surface area (Å²) in [4.78, 5) is 6.75. The van der Waals surface area contributed by atoms with E-state index in [0.717, 1.165) is 57.4 Å². The minimum absolute atomic E-state index is 0. The average Bonchev–Trinajstić information content (AvgIpc) is 2.82. The molecule has 7 heteroatoms. The summed E-state index contributed by atoms with van der Waals surface area (Å²) in [6, 6.07) is 19.2. The van der Waals surface area contributed by atoms with Gasteiger partial charge in [-0.15, -0.1) is 24.0 Å². The number of benzene rings is 2. The lowest BCUT2D eigenvalue weighted by atomic mass is 10.1. The monoisotopic (exact) mass is 552 g/mol. The van der Waals surface area contributed by atoms with Crippen LogP contribution in [0.3, 0.4) is 0 Å². The molecule has 0 spiro atoms. The Balaban J connectivity index is 0.00000363. The van der Waals surface area contributed by atoms with Gasteiger partial charge in [-0.3, -0.25) is 9.89 Å². The molecule has 32 heavy (non-hydrogen) atoms. The molecule has 1 fully saturated rings. The van der Waals surface area contributed by atoms with Gasteiger partial charge >= 0.3 is 0 Å². The van der Waals surface area contributed by atoms with Crippen molar-refractivity contribution in [1.82, 2.24) is 15.5 Å². The molecule has 1 unspecified atom stereocenters. The minimum atomic E-state index is 0. The van der Waals surface area contributed by atoms with Gasteiger partial charge in [0.05, 0.1) is 13.2 Å². The number of aryl methyl sites for hydroxylation is 1. The number of hydrogen-bond donors (Lipinski definition) is 2. The van der Waals surface area contributed by atoms with Crippen LogP contribution < -0.4 is 15.4 Å². The van der Waals surface area contributed by atoms with Crippen molar-refractivity contribution in [3.05, 3.63) is 65.7 Å². The number of rotatable bonds is 10. The third kappa shape index (κ3) is 9.75. The predicted molar refractivity (Wildman–Crippen MR) is 142 cm³/mol. The first kappa shape index (κ1) is 26.4. The van der Waals surface area contributed by atoms with Crippen LogP contribution in [0.4, 0.5) is 0 Å². The molecule has 3 rings (SSSR count). The Morgan fingerprint density at radius 2 is 1.84 bits per heavy atom. The number of ether oxygens (including phenoxy) is 2. The van der Waals surface area contributed by atoms with E-state index in [1.807, 2.05) is 19.2 Å². The van der Waals surface area contributed by atoms with E-state index in [9.17, 15) is 0 Å². The van der Waals surface area contributed by atoms with Crippen molar-refractivity contribution in [3.63, 3.8) is 0 Å². The number of aliphatic imine (C=N–C) groups is 1. The molecule has 0 aromatic heterocycles. The van der Waals surface area contributed by atoms with Gasteiger partial charge in [-0.2, -0.15) is 0 Å². The van der Waals surface area contributed by atoms with Crippen molar-refractivity contribution >= 4 is 29.9 Å². The molecule has 176 valence electrons. The molecule has 1 saturated heterocycles. The molecule has 2 aromatic carbocycles. The van der Waals surface area contributed by atoms with Gasteiger partial charge in [-0.1, -0.05) is 42.5 Å². The van der Waals surface area contributed by atoms with Crippen LogP contribution >= 0.6 is 24.0 Å². The zero-order chi connectivity index (χ0) is 21.7. The summed E-state index contributed by atoms with van der Waals surface area (Å²) in [6.45, 7) is 8.14. The maximum atomic E-state index is 5.96. The maximum absolute atomic E-state index is 5.96. The highest BCUT2D eigenvalue weighted by molar-refractivity contribution is 14.0. The molecule has 1 aliphatic rings. The Bertz CT molecular complexity index is 798. The zero-order valence-electron chi connectivity index (χ0n) is 19.3. The van der Waals surface area contributed by atoms with Crippen molar-refractivity contribution in [3.8, 4) is 5.75 Å². The normalized spacial score (nSPS) is 15.5. The van der Waals surface area contributed by atoms with Crippen molar-refractivity contribution in [2.24, 2.45) is 4.99 Å². The van der Waals surface area contributed by atoms with E-state index in [0.29, 0.717) is 19.2 Å². The molecule has 2 N–H and O–H groups in total. The predicted octanol–water partition coefficient (Wildman–Crippen LogP) is 3.70. The lowest BCUT2D eigenvalue weighted by Crippen LogP contribution is -2.42. The van der Waals surface area contributed by atoms with E-state index in [1.54, 1.807) is 0 Å². The molecule has 1 aliphatic heterocycles. The molecule has 1 atom stereocenters. The van der Waals surface area contributed by atoms with Crippen molar-refractivity contribution in [2.75, 3.05) is 46.5 Å². The second-order valence-corrected chi connectivity index (χ2v) is 7.95. The summed E-state index contributed by atoms with van der Waals surface area (Å²) < 4.78 is 11.4. The van der Waals surface area contributed by atoms with Gasteiger partial charge in [-0.25, -0.2) is 0 Å². The van der Waals surface area contributed by atoms with E-state index >= 15 is 0 Å². The Morgan fingerprint density at radius 3 is 2.59 bits per heavy atom. The number of nitrogens with zero attached hydrogens (tertiary/aromatic N) is 2. The van der Waals surface area contributed by atoms with Gasteiger partial charge in [0.25, 0.3) is 0 Å². The van der Waals surface area contributed by atoms with E-state index < -0.39 is 0 Å². The third-order valence-corrected chi connectivity index (χ3v) is 5.45. The van der Waals surface area contributed by atoms with E-state index in [-0.39, 0.29) is 24.0 Å².